The number of ketones is 2. The number of nitrogens with one attached hydrogen (secondary N) is 1. The van der Waals surface area contributed by atoms with E-state index in [4.69, 9.17) is 5.73 Å². The lowest BCUT2D eigenvalue weighted by Gasteiger charge is -2.50. The summed E-state index contributed by atoms with van der Waals surface area (Å²) in [6, 6.07) is 1.92. The molecule has 0 aliphatic heterocycles. The summed E-state index contributed by atoms with van der Waals surface area (Å²) in [5, 5.41) is 46.7. The third-order valence-corrected chi connectivity index (χ3v) is 7.50. The number of alkyl halides is 1. The number of amides is 2. The van der Waals surface area contributed by atoms with Crippen molar-refractivity contribution < 1.29 is 39.6 Å². The Morgan fingerprint density at radius 1 is 1.22 bits per heavy atom. The quantitative estimate of drug-likeness (QED) is 0.168. The molecule has 4 atom stereocenters. The molecule has 3 unspecified atom stereocenters. The number of hydrogen-bond acceptors (Lipinski definition) is 9. The van der Waals surface area contributed by atoms with Gasteiger partial charge in [-0.1, -0.05) is 22.0 Å². The SMILES string of the molecule is CN(C)[C@@H]1C(=O)C(C(N)=O)=C(O)C2(O)C(=O)C3=C(O)c4c(ccc(NC(=O)CBr)c4O)CC3CC12.Cl. The number of anilines is 1. The largest absolute Gasteiger partial charge is 0.508 e. The summed E-state index contributed by atoms with van der Waals surface area (Å²) in [5.41, 5.74) is 1.89. The minimum absolute atomic E-state index is 0. The van der Waals surface area contributed by atoms with E-state index in [2.05, 4.69) is 21.2 Å². The Morgan fingerprint density at radius 3 is 2.42 bits per heavy atom. The first-order valence-corrected chi connectivity index (χ1v) is 11.8. The molecule has 0 radical (unpaired) electrons. The molecule has 0 bridgehead atoms. The number of nitrogens with zero attached hydrogens (tertiary/aromatic N) is 1. The smallest absolute Gasteiger partial charge is 0.255 e. The third kappa shape index (κ3) is 3.79. The van der Waals surface area contributed by atoms with Crippen LogP contribution in [0.4, 0.5) is 5.69 Å². The molecule has 2 amide bonds. The molecule has 4 rings (SSSR count). The van der Waals surface area contributed by atoms with E-state index in [9.17, 15) is 39.6 Å². The third-order valence-electron chi connectivity index (χ3n) is 6.99. The predicted octanol–water partition coefficient (Wildman–Crippen LogP) is 0.719. The molecule has 194 valence electrons. The highest BCUT2D eigenvalue weighted by atomic mass is 79.9. The number of hydrogen-bond donors (Lipinski definition) is 6. The number of aliphatic hydroxyl groups excluding tert-OH is 2. The lowest BCUT2D eigenvalue weighted by atomic mass is 9.57. The second kappa shape index (κ2) is 9.51. The molecule has 0 heterocycles. The number of rotatable bonds is 4. The van der Waals surface area contributed by atoms with Gasteiger partial charge >= 0.3 is 0 Å². The Morgan fingerprint density at radius 2 is 1.86 bits per heavy atom. The van der Waals surface area contributed by atoms with Crippen molar-refractivity contribution in [1.29, 1.82) is 0 Å². The highest BCUT2D eigenvalue weighted by Gasteiger charge is 2.64. The summed E-state index contributed by atoms with van der Waals surface area (Å²) < 4.78 is 0. The number of carbonyl (C=O) groups is 4. The van der Waals surface area contributed by atoms with Gasteiger partial charge in [-0.2, -0.15) is 0 Å². The Bertz CT molecular complexity index is 1260. The predicted molar refractivity (Wildman–Crippen MR) is 134 cm³/mol. The number of Topliss-reactive ketones (excluding diaryl/α,β-unsaturated/α-hetero) is 2. The maximum atomic E-state index is 13.7. The van der Waals surface area contributed by atoms with Gasteiger partial charge in [-0.15, -0.1) is 12.4 Å². The molecule has 3 aliphatic rings. The molecule has 1 aromatic rings. The van der Waals surface area contributed by atoms with Gasteiger partial charge in [0.2, 0.25) is 11.7 Å². The minimum atomic E-state index is -2.69. The number of likely N-dealkylation sites (N-methyl/N-ethyl adjacent to an activating group) is 1. The first-order chi connectivity index (χ1) is 16.4. The first kappa shape index (κ1) is 27.7. The number of nitrogens with two attached hydrogens (primary N) is 1. The monoisotopic (exact) mass is 585 g/mol. The van der Waals surface area contributed by atoms with Gasteiger partial charge in [0.05, 0.1) is 22.6 Å². The van der Waals surface area contributed by atoms with E-state index >= 15 is 0 Å². The van der Waals surface area contributed by atoms with Crippen LogP contribution < -0.4 is 11.1 Å². The Kier molecular flexibility index (Phi) is 7.30. The summed E-state index contributed by atoms with van der Waals surface area (Å²) in [7, 11) is 3.07. The standard InChI is InChI=1S/C23H24BrN3O8.ClH/c1-27(2)16-10-6-9-5-8-3-4-11(26-12(28)7-24)17(29)13(8)18(30)14(9)20(32)23(10,35)21(33)15(19(16)31)22(25)34;/h3-4,9-10,16,29-30,33,35H,5-7H2,1-2H3,(H2,25,34)(H,26,28);1H/t9?,10?,16-,23?;/m0./s1. The molecular formula is C23H25BrClN3O8. The fourth-order valence-corrected chi connectivity index (χ4v) is 5.64. The van der Waals surface area contributed by atoms with Gasteiger partial charge < -0.3 is 31.5 Å². The molecule has 1 saturated carbocycles. The fourth-order valence-electron chi connectivity index (χ4n) is 5.50. The molecule has 1 aromatic carbocycles. The maximum absolute atomic E-state index is 13.7. The van der Waals surface area contributed by atoms with Crippen molar-refractivity contribution in [2.45, 2.75) is 24.5 Å². The second-order valence-electron chi connectivity index (χ2n) is 9.14. The summed E-state index contributed by atoms with van der Waals surface area (Å²) >= 11 is 3.00. The number of aromatic hydroxyl groups is 1. The minimum Gasteiger partial charge on any atom is -0.508 e. The van der Waals surface area contributed by atoms with Crippen molar-refractivity contribution in [2.75, 3.05) is 24.7 Å². The van der Waals surface area contributed by atoms with Gasteiger partial charge in [0.1, 0.15) is 22.8 Å². The zero-order valence-electron chi connectivity index (χ0n) is 19.2. The van der Waals surface area contributed by atoms with Crippen LogP contribution in [0.5, 0.6) is 5.75 Å². The van der Waals surface area contributed by atoms with Crippen LogP contribution in [0.2, 0.25) is 0 Å². The van der Waals surface area contributed by atoms with E-state index in [0.29, 0.717) is 5.56 Å². The zero-order valence-corrected chi connectivity index (χ0v) is 21.6. The van der Waals surface area contributed by atoms with Crippen LogP contribution in [0.3, 0.4) is 0 Å². The average molecular weight is 587 g/mol. The molecule has 13 heteroatoms. The Balaban J connectivity index is 0.00000361. The van der Waals surface area contributed by atoms with Crippen molar-refractivity contribution in [3.8, 4) is 5.75 Å². The molecule has 0 spiro atoms. The van der Waals surface area contributed by atoms with Gasteiger partial charge in [0.15, 0.2) is 11.4 Å². The van der Waals surface area contributed by atoms with E-state index < -0.39 is 69.7 Å². The van der Waals surface area contributed by atoms with Crippen LogP contribution >= 0.6 is 28.3 Å². The highest BCUT2D eigenvalue weighted by molar-refractivity contribution is 9.09. The van der Waals surface area contributed by atoms with E-state index in [1.165, 1.54) is 25.1 Å². The van der Waals surface area contributed by atoms with Crippen molar-refractivity contribution in [3.05, 3.63) is 40.2 Å². The molecular weight excluding hydrogens is 562 g/mol. The van der Waals surface area contributed by atoms with Crippen LogP contribution in [0.15, 0.2) is 29.0 Å². The molecule has 1 fully saturated rings. The van der Waals surface area contributed by atoms with Crippen LogP contribution in [0.1, 0.15) is 17.5 Å². The van der Waals surface area contributed by atoms with E-state index in [1.807, 2.05) is 0 Å². The number of benzene rings is 1. The Hall–Kier alpha value is -2.93. The van der Waals surface area contributed by atoms with E-state index in [1.54, 1.807) is 6.07 Å². The molecule has 11 nitrogen and oxygen atoms in total. The number of phenols is 1. The van der Waals surface area contributed by atoms with Crippen LogP contribution in [0, 0.1) is 11.8 Å². The zero-order chi connectivity index (χ0) is 26.0. The summed E-state index contributed by atoms with van der Waals surface area (Å²) in [4.78, 5) is 51.9. The second-order valence-corrected chi connectivity index (χ2v) is 9.70. The van der Waals surface area contributed by atoms with Gasteiger partial charge in [0, 0.05) is 11.5 Å². The van der Waals surface area contributed by atoms with Crippen LogP contribution in [-0.2, 0) is 25.6 Å². The maximum Gasteiger partial charge on any atom is 0.255 e. The average Bonchev–Trinajstić information content (AvgIpc) is 2.77. The molecule has 0 aromatic heterocycles. The number of phenolic OH excluding ortho intramolecular Hbond substituents is 1. The lowest BCUT2D eigenvalue weighted by Crippen LogP contribution is -2.65. The van der Waals surface area contributed by atoms with Gasteiger partial charge in [-0.3, -0.25) is 24.1 Å². The number of halogens is 2. The lowest BCUT2D eigenvalue weighted by molar-refractivity contribution is -0.153. The molecule has 3 aliphatic carbocycles. The molecule has 36 heavy (non-hydrogen) atoms. The van der Waals surface area contributed by atoms with Crippen LogP contribution in [-0.4, -0.2) is 79.8 Å². The van der Waals surface area contributed by atoms with Crippen molar-refractivity contribution in [2.24, 2.45) is 17.6 Å². The normalized spacial score (nSPS) is 27.2. The van der Waals surface area contributed by atoms with Gasteiger partial charge in [-0.25, -0.2) is 0 Å². The summed E-state index contributed by atoms with van der Waals surface area (Å²) in [5.74, 6) is -7.66. The number of carbonyl (C=O) groups excluding carboxylic acids is 4. The fraction of sp³-hybridized carbons (Fsp3) is 0.391. The number of aliphatic hydroxyl groups is 3. The molecule has 7 N–H and O–H groups in total. The summed E-state index contributed by atoms with van der Waals surface area (Å²) in [6.45, 7) is 0. The van der Waals surface area contributed by atoms with Crippen molar-refractivity contribution in [1.82, 2.24) is 4.90 Å². The Labute approximate surface area is 220 Å². The summed E-state index contributed by atoms with van der Waals surface area (Å²) in [6.07, 6.45) is 0.184. The topological polar surface area (TPSA) is 190 Å². The van der Waals surface area contributed by atoms with E-state index in [-0.39, 0.29) is 47.4 Å². The van der Waals surface area contributed by atoms with Crippen LogP contribution in [0.25, 0.3) is 5.76 Å². The van der Waals surface area contributed by atoms with Gasteiger partial charge in [0.25, 0.3) is 5.91 Å². The van der Waals surface area contributed by atoms with E-state index in [0.717, 1.165) is 0 Å². The number of primary amides is 1. The molecule has 0 saturated heterocycles. The van der Waals surface area contributed by atoms with Gasteiger partial charge in [-0.05, 0) is 44.5 Å². The highest BCUT2D eigenvalue weighted by Crippen LogP contribution is 2.53. The first-order valence-electron chi connectivity index (χ1n) is 10.7. The number of fused-ring (bicyclic) bond motifs is 3. The van der Waals surface area contributed by atoms with Crippen molar-refractivity contribution >= 4 is 63.2 Å². The van der Waals surface area contributed by atoms with Crippen molar-refractivity contribution in [3.63, 3.8) is 0 Å².